The fourth-order valence-electron chi connectivity index (χ4n) is 3.33. The number of hydrogen-bond acceptors (Lipinski definition) is 3. The third kappa shape index (κ3) is 1.72. The number of rotatable bonds is 2. The number of amides is 1. The molecule has 1 unspecified atom stereocenters. The van der Waals surface area contributed by atoms with Gasteiger partial charge in [0, 0.05) is 28.3 Å². The highest BCUT2D eigenvalue weighted by atomic mass is 32.2. The van der Waals surface area contributed by atoms with Crippen molar-refractivity contribution in [1.29, 1.82) is 0 Å². The summed E-state index contributed by atoms with van der Waals surface area (Å²) in [4.78, 5) is 15.7. The Morgan fingerprint density at radius 2 is 2.05 bits per heavy atom. The van der Waals surface area contributed by atoms with Crippen LogP contribution in [0.2, 0.25) is 0 Å². The maximum atomic E-state index is 12.7. The molecule has 2 aliphatic heterocycles. The first kappa shape index (κ1) is 13.3. The SMILES string of the molecule is CSc1cccc(C23SCCN2C(=O)c2ccccc23)c1. The lowest BCUT2D eigenvalue weighted by Crippen LogP contribution is -2.37. The van der Waals surface area contributed by atoms with Crippen molar-refractivity contribution in [1.82, 2.24) is 4.90 Å². The highest BCUT2D eigenvalue weighted by molar-refractivity contribution is 8.00. The largest absolute Gasteiger partial charge is 0.315 e. The van der Waals surface area contributed by atoms with Crippen molar-refractivity contribution in [2.24, 2.45) is 0 Å². The highest BCUT2D eigenvalue weighted by Crippen LogP contribution is 2.55. The summed E-state index contributed by atoms with van der Waals surface area (Å²) < 4.78 is 0. The molecule has 1 saturated heterocycles. The lowest BCUT2D eigenvalue weighted by atomic mass is 9.97. The van der Waals surface area contributed by atoms with Gasteiger partial charge in [0.2, 0.25) is 0 Å². The Balaban J connectivity index is 1.97. The minimum Gasteiger partial charge on any atom is -0.315 e. The standard InChI is InChI=1S/C17H15NOS2/c1-20-13-6-4-5-12(11-13)17-15-8-3-2-7-14(15)16(19)18(17)9-10-21-17/h2-8,11H,9-10H2,1H3. The fourth-order valence-corrected chi connectivity index (χ4v) is 5.31. The van der Waals surface area contributed by atoms with Crippen molar-refractivity contribution in [2.45, 2.75) is 9.77 Å². The van der Waals surface area contributed by atoms with Gasteiger partial charge in [0.25, 0.3) is 5.91 Å². The van der Waals surface area contributed by atoms with E-state index in [2.05, 4.69) is 36.6 Å². The molecule has 0 spiro atoms. The van der Waals surface area contributed by atoms with E-state index in [1.165, 1.54) is 10.5 Å². The molecular formula is C17H15NOS2. The summed E-state index contributed by atoms with van der Waals surface area (Å²) in [5.74, 6) is 1.16. The van der Waals surface area contributed by atoms with Gasteiger partial charge in [-0.1, -0.05) is 30.3 Å². The summed E-state index contributed by atoms with van der Waals surface area (Å²) >= 11 is 3.62. The molecule has 2 aromatic rings. The Hall–Kier alpha value is -1.39. The van der Waals surface area contributed by atoms with E-state index in [9.17, 15) is 4.79 Å². The number of benzene rings is 2. The second-order valence-electron chi connectivity index (χ2n) is 5.23. The van der Waals surface area contributed by atoms with E-state index in [-0.39, 0.29) is 10.8 Å². The van der Waals surface area contributed by atoms with Gasteiger partial charge in [0.05, 0.1) is 0 Å². The second kappa shape index (κ2) is 4.82. The number of fused-ring (bicyclic) bond motifs is 3. The molecule has 2 aromatic carbocycles. The van der Waals surface area contributed by atoms with Gasteiger partial charge in [-0.15, -0.1) is 23.5 Å². The lowest BCUT2D eigenvalue weighted by Gasteiger charge is -2.32. The molecule has 1 atom stereocenters. The van der Waals surface area contributed by atoms with Gasteiger partial charge >= 0.3 is 0 Å². The Bertz CT molecular complexity index is 730. The zero-order chi connectivity index (χ0) is 14.4. The van der Waals surface area contributed by atoms with E-state index in [0.29, 0.717) is 0 Å². The van der Waals surface area contributed by atoms with Crippen LogP contribution >= 0.6 is 23.5 Å². The summed E-state index contributed by atoms with van der Waals surface area (Å²) in [5, 5.41) is 0. The summed E-state index contributed by atoms with van der Waals surface area (Å²) in [5.41, 5.74) is 3.23. The van der Waals surface area contributed by atoms with E-state index < -0.39 is 0 Å². The normalized spacial score (nSPS) is 23.3. The third-order valence-electron chi connectivity index (χ3n) is 4.23. The Labute approximate surface area is 132 Å². The predicted octanol–water partition coefficient (Wildman–Crippen LogP) is 3.81. The fraction of sp³-hybridized carbons (Fsp3) is 0.235. The molecule has 21 heavy (non-hydrogen) atoms. The van der Waals surface area contributed by atoms with Crippen molar-refractivity contribution < 1.29 is 4.79 Å². The molecule has 2 aliphatic rings. The van der Waals surface area contributed by atoms with Crippen LogP contribution in [-0.4, -0.2) is 29.4 Å². The molecule has 1 fully saturated rings. The predicted molar refractivity (Wildman–Crippen MR) is 88.9 cm³/mol. The number of nitrogens with zero attached hydrogens (tertiary/aromatic N) is 1. The molecule has 4 rings (SSSR count). The first-order chi connectivity index (χ1) is 10.3. The summed E-state index contributed by atoms with van der Waals surface area (Å²) in [7, 11) is 0. The maximum Gasteiger partial charge on any atom is 0.255 e. The minimum absolute atomic E-state index is 0.171. The van der Waals surface area contributed by atoms with Gasteiger partial charge < -0.3 is 4.90 Å². The number of hydrogen-bond donors (Lipinski definition) is 0. The summed E-state index contributed by atoms with van der Waals surface area (Å²) in [6, 6.07) is 16.7. The quantitative estimate of drug-likeness (QED) is 0.786. The molecule has 0 aromatic heterocycles. The molecule has 0 bridgehead atoms. The van der Waals surface area contributed by atoms with Gasteiger partial charge in [-0.2, -0.15) is 0 Å². The molecule has 106 valence electrons. The van der Waals surface area contributed by atoms with Gasteiger partial charge in [0.15, 0.2) is 0 Å². The molecule has 0 N–H and O–H groups in total. The average Bonchev–Trinajstić information content (AvgIpc) is 3.08. The number of carbonyl (C=O) groups excluding carboxylic acids is 1. The van der Waals surface area contributed by atoms with Crippen LogP contribution in [-0.2, 0) is 4.87 Å². The van der Waals surface area contributed by atoms with E-state index in [1.54, 1.807) is 11.8 Å². The van der Waals surface area contributed by atoms with Gasteiger partial charge in [0.1, 0.15) is 4.87 Å². The highest BCUT2D eigenvalue weighted by Gasteiger charge is 2.54. The lowest BCUT2D eigenvalue weighted by molar-refractivity contribution is 0.0752. The van der Waals surface area contributed by atoms with Crippen LogP contribution in [0.4, 0.5) is 0 Å². The van der Waals surface area contributed by atoms with Crippen LogP contribution < -0.4 is 0 Å². The van der Waals surface area contributed by atoms with Crippen LogP contribution in [0.1, 0.15) is 21.5 Å². The Morgan fingerprint density at radius 3 is 2.90 bits per heavy atom. The topological polar surface area (TPSA) is 20.3 Å². The molecule has 2 heterocycles. The molecule has 0 radical (unpaired) electrons. The first-order valence-electron chi connectivity index (χ1n) is 6.97. The van der Waals surface area contributed by atoms with Crippen LogP contribution in [0.3, 0.4) is 0 Å². The minimum atomic E-state index is -0.320. The van der Waals surface area contributed by atoms with Crippen LogP contribution in [0.5, 0.6) is 0 Å². The third-order valence-corrected chi connectivity index (χ3v) is 6.44. The number of carbonyl (C=O) groups is 1. The van der Waals surface area contributed by atoms with Crippen molar-refractivity contribution in [3.63, 3.8) is 0 Å². The maximum absolute atomic E-state index is 12.7. The molecule has 1 amide bonds. The molecule has 0 saturated carbocycles. The van der Waals surface area contributed by atoms with Crippen LogP contribution in [0.25, 0.3) is 0 Å². The van der Waals surface area contributed by atoms with Gasteiger partial charge in [-0.3, -0.25) is 4.79 Å². The zero-order valence-corrected chi connectivity index (χ0v) is 13.3. The Kier molecular flexibility index (Phi) is 3.05. The van der Waals surface area contributed by atoms with E-state index >= 15 is 0 Å². The average molecular weight is 313 g/mol. The van der Waals surface area contributed by atoms with E-state index in [1.807, 2.05) is 34.9 Å². The molecule has 2 nitrogen and oxygen atoms in total. The van der Waals surface area contributed by atoms with Crippen LogP contribution in [0.15, 0.2) is 53.4 Å². The Morgan fingerprint density at radius 1 is 1.19 bits per heavy atom. The van der Waals surface area contributed by atoms with E-state index in [4.69, 9.17) is 0 Å². The van der Waals surface area contributed by atoms with Crippen molar-refractivity contribution >= 4 is 29.4 Å². The monoisotopic (exact) mass is 313 g/mol. The molecule has 0 aliphatic carbocycles. The zero-order valence-electron chi connectivity index (χ0n) is 11.7. The van der Waals surface area contributed by atoms with Crippen molar-refractivity contribution in [3.8, 4) is 0 Å². The summed E-state index contributed by atoms with van der Waals surface area (Å²) in [6.07, 6.45) is 2.09. The smallest absolute Gasteiger partial charge is 0.255 e. The van der Waals surface area contributed by atoms with Crippen molar-refractivity contribution in [2.75, 3.05) is 18.6 Å². The van der Waals surface area contributed by atoms with Gasteiger partial charge in [-0.25, -0.2) is 0 Å². The second-order valence-corrected chi connectivity index (χ2v) is 7.39. The van der Waals surface area contributed by atoms with E-state index in [0.717, 1.165) is 23.4 Å². The number of thioether (sulfide) groups is 2. The summed E-state index contributed by atoms with van der Waals surface area (Å²) in [6.45, 7) is 0.821. The first-order valence-corrected chi connectivity index (χ1v) is 9.18. The molecular weight excluding hydrogens is 298 g/mol. The van der Waals surface area contributed by atoms with Crippen molar-refractivity contribution in [3.05, 3.63) is 65.2 Å². The van der Waals surface area contributed by atoms with Crippen LogP contribution in [0, 0.1) is 0 Å². The molecule has 4 heteroatoms. The van der Waals surface area contributed by atoms with Gasteiger partial charge in [-0.05, 0) is 30.0 Å².